The van der Waals surface area contributed by atoms with Crippen LogP contribution >= 0.6 is 22.7 Å². The van der Waals surface area contributed by atoms with E-state index in [9.17, 15) is 13.2 Å². The van der Waals surface area contributed by atoms with Crippen LogP contribution in [-0.4, -0.2) is 43.3 Å². The summed E-state index contributed by atoms with van der Waals surface area (Å²) in [4.78, 5) is 22.0. The second-order valence-electron chi connectivity index (χ2n) is 8.99. The smallest absolute Gasteiger partial charge is 0.256 e. The molecule has 3 heterocycles. The number of anilines is 1. The van der Waals surface area contributed by atoms with Crippen LogP contribution < -0.4 is 10.0 Å². The van der Waals surface area contributed by atoms with Crippen LogP contribution in [0.1, 0.15) is 41.6 Å². The Morgan fingerprint density at radius 1 is 1.11 bits per heavy atom. The number of hydrogen-bond acceptors (Lipinski definition) is 7. The Balaban J connectivity index is 1.50. The molecular formula is C26H28N4O3S3. The molecule has 0 bridgehead atoms. The first-order valence-electron chi connectivity index (χ1n) is 11.9. The van der Waals surface area contributed by atoms with Crippen LogP contribution in [0.5, 0.6) is 0 Å². The molecule has 0 fully saturated rings. The van der Waals surface area contributed by atoms with E-state index in [0.29, 0.717) is 18.2 Å². The number of fused-ring (bicyclic) bond motifs is 2. The molecule has 0 unspecified atom stereocenters. The Hall–Kier alpha value is -2.63. The van der Waals surface area contributed by atoms with Gasteiger partial charge in [0.2, 0.25) is 10.0 Å². The van der Waals surface area contributed by atoms with Crippen molar-refractivity contribution in [3.8, 4) is 10.6 Å². The topological polar surface area (TPSA) is 91.4 Å². The van der Waals surface area contributed by atoms with E-state index < -0.39 is 10.0 Å². The highest BCUT2D eigenvalue weighted by atomic mass is 32.2. The van der Waals surface area contributed by atoms with Gasteiger partial charge in [-0.3, -0.25) is 9.69 Å². The fourth-order valence-electron chi connectivity index (χ4n) is 4.39. The zero-order valence-electron chi connectivity index (χ0n) is 20.4. The number of carbonyl (C=O) groups is 1. The number of thiophene rings is 1. The normalized spacial score (nSPS) is 14.3. The Bertz CT molecular complexity index is 1490. The minimum absolute atomic E-state index is 0.136. The molecule has 0 saturated carbocycles. The van der Waals surface area contributed by atoms with Gasteiger partial charge < -0.3 is 5.32 Å². The predicted octanol–water partition coefficient (Wildman–Crippen LogP) is 5.34. The van der Waals surface area contributed by atoms with Crippen molar-refractivity contribution in [2.24, 2.45) is 0 Å². The van der Waals surface area contributed by atoms with Gasteiger partial charge in [0.15, 0.2) is 0 Å². The van der Waals surface area contributed by atoms with E-state index >= 15 is 0 Å². The standard InChI is InChI=1S/C26H28N4O3S3/c1-4-27-36(32,33)18-11-9-17(10-12-18)24(31)29-26-23(25-28-20-7-5-6-8-21(20)34-25)19-13-14-30(16(2)3)15-22(19)35-26/h5-12,16,27H,4,13-15H2,1-3H3,(H,29,31). The van der Waals surface area contributed by atoms with E-state index in [-0.39, 0.29) is 10.8 Å². The molecule has 0 saturated heterocycles. The van der Waals surface area contributed by atoms with Crippen LogP contribution in [0.25, 0.3) is 20.8 Å². The van der Waals surface area contributed by atoms with Crippen LogP contribution in [0.3, 0.4) is 0 Å². The monoisotopic (exact) mass is 540 g/mol. The van der Waals surface area contributed by atoms with Crippen molar-refractivity contribution in [3.05, 3.63) is 64.5 Å². The highest BCUT2D eigenvalue weighted by Crippen LogP contribution is 2.46. The average molecular weight is 541 g/mol. The van der Waals surface area contributed by atoms with Gasteiger partial charge in [-0.2, -0.15) is 0 Å². The summed E-state index contributed by atoms with van der Waals surface area (Å²) < 4.78 is 28.1. The Kier molecular flexibility index (Phi) is 6.97. The van der Waals surface area contributed by atoms with E-state index in [0.717, 1.165) is 45.3 Å². The van der Waals surface area contributed by atoms with Gasteiger partial charge in [-0.05, 0) is 62.2 Å². The second kappa shape index (κ2) is 10.0. The molecule has 0 atom stereocenters. The molecular weight excluding hydrogens is 513 g/mol. The summed E-state index contributed by atoms with van der Waals surface area (Å²) in [6.45, 7) is 8.25. The molecule has 2 N–H and O–H groups in total. The summed E-state index contributed by atoms with van der Waals surface area (Å²) >= 11 is 3.25. The Morgan fingerprint density at radius 2 is 1.86 bits per heavy atom. The van der Waals surface area contributed by atoms with Gasteiger partial charge in [0.05, 0.1) is 15.1 Å². The van der Waals surface area contributed by atoms with Crippen molar-refractivity contribution in [3.63, 3.8) is 0 Å². The zero-order valence-corrected chi connectivity index (χ0v) is 22.8. The first kappa shape index (κ1) is 25.0. The quantitative estimate of drug-likeness (QED) is 0.330. The summed E-state index contributed by atoms with van der Waals surface area (Å²) in [7, 11) is -3.57. The van der Waals surface area contributed by atoms with Crippen molar-refractivity contribution in [1.29, 1.82) is 0 Å². The number of thiazole rings is 1. The van der Waals surface area contributed by atoms with Crippen LogP contribution in [0.2, 0.25) is 0 Å². The maximum absolute atomic E-state index is 13.2. The molecule has 36 heavy (non-hydrogen) atoms. The van der Waals surface area contributed by atoms with Crippen LogP contribution in [0.15, 0.2) is 53.4 Å². The van der Waals surface area contributed by atoms with Crippen LogP contribution in [-0.2, 0) is 23.0 Å². The van der Waals surface area contributed by atoms with Crippen LogP contribution in [0.4, 0.5) is 5.00 Å². The van der Waals surface area contributed by atoms with Gasteiger partial charge in [0, 0.05) is 41.7 Å². The number of para-hydroxylation sites is 1. The molecule has 188 valence electrons. The van der Waals surface area contributed by atoms with Crippen molar-refractivity contribution in [2.75, 3.05) is 18.4 Å². The minimum Gasteiger partial charge on any atom is -0.313 e. The number of rotatable bonds is 7. The molecule has 7 nitrogen and oxygen atoms in total. The molecule has 4 aromatic rings. The van der Waals surface area contributed by atoms with E-state index in [4.69, 9.17) is 4.98 Å². The van der Waals surface area contributed by atoms with Gasteiger partial charge in [-0.1, -0.05) is 19.1 Å². The summed E-state index contributed by atoms with van der Waals surface area (Å²) in [6, 6.07) is 14.5. The number of nitrogens with zero attached hydrogens (tertiary/aromatic N) is 2. The first-order valence-corrected chi connectivity index (χ1v) is 15.0. The molecule has 2 aromatic carbocycles. The lowest BCUT2D eigenvalue weighted by molar-refractivity contribution is 0.102. The highest BCUT2D eigenvalue weighted by molar-refractivity contribution is 7.89. The zero-order chi connectivity index (χ0) is 25.4. The lowest BCUT2D eigenvalue weighted by atomic mass is 10.0. The second-order valence-corrected chi connectivity index (χ2v) is 12.9. The van der Waals surface area contributed by atoms with E-state index in [1.165, 1.54) is 22.6 Å². The average Bonchev–Trinajstić information content (AvgIpc) is 3.44. The predicted molar refractivity (Wildman–Crippen MR) is 147 cm³/mol. The summed E-state index contributed by atoms with van der Waals surface area (Å²) in [5.41, 5.74) is 3.63. The fraction of sp³-hybridized carbons (Fsp3) is 0.308. The van der Waals surface area contributed by atoms with Gasteiger partial charge in [-0.15, -0.1) is 22.7 Å². The molecule has 0 radical (unpaired) electrons. The van der Waals surface area contributed by atoms with E-state index in [2.05, 4.69) is 34.9 Å². The SMILES string of the molecule is CCNS(=O)(=O)c1ccc(C(=O)Nc2sc3c(c2-c2nc4ccccc4s2)CCN(C(C)C)C3)cc1. The van der Waals surface area contributed by atoms with Gasteiger partial charge in [0.1, 0.15) is 10.0 Å². The number of carbonyl (C=O) groups excluding carboxylic acids is 1. The Morgan fingerprint density at radius 3 is 2.56 bits per heavy atom. The van der Waals surface area contributed by atoms with Crippen molar-refractivity contribution in [1.82, 2.24) is 14.6 Å². The molecule has 2 aromatic heterocycles. The number of hydrogen-bond donors (Lipinski definition) is 2. The third-order valence-electron chi connectivity index (χ3n) is 6.31. The lowest BCUT2D eigenvalue weighted by Gasteiger charge is -2.30. The maximum Gasteiger partial charge on any atom is 0.256 e. The van der Waals surface area contributed by atoms with Gasteiger partial charge in [-0.25, -0.2) is 18.1 Å². The van der Waals surface area contributed by atoms with Gasteiger partial charge >= 0.3 is 0 Å². The molecule has 1 aliphatic rings. The minimum atomic E-state index is -3.57. The van der Waals surface area contributed by atoms with E-state index in [1.807, 2.05) is 18.2 Å². The Labute approximate surface area is 219 Å². The third kappa shape index (κ3) is 4.83. The van der Waals surface area contributed by atoms with Crippen LogP contribution in [0, 0.1) is 0 Å². The molecule has 5 rings (SSSR count). The van der Waals surface area contributed by atoms with E-state index in [1.54, 1.807) is 41.7 Å². The molecule has 1 amide bonds. The number of sulfonamides is 1. The van der Waals surface area contributed by atoms with Crippen molar-refractivity contribution in [2.45, 2.75) is 44.7 Å². The number of amides is 1. The fourth-order valence-corrected chi connectivity index (χ4v) is 7.81. The first-order chi connectivity index (χ1) is 17.3. The van der Waals surface area contributed by atoms with Crippen molar-refractivity contribution >= 4 is 53.8 Å². The number of aromatic nitrogens is 1. The molecule has 1 aliphatic heterocycles. The summed E-state index contributed by atoms with van der Waals surface area (Å²) in [5.74, 6) is -0.274. The molecule has 0 aliphatic carbocycles. The highest BCUT2D eigenvalue weighted by Gasteiger charge is 2.28. The van der Waals surface area contributed by atoms with Gasteiger partial charge in [0.25, 0.3) is 5.91 Å². The largest absolute Gasteiger partial charge is 0.313 e. The lowest BCUT2D eigenvalue weighted by Crippen LogP contribution is -2.35. The molecule has 10 heteroatoms. The van der Waals surface area contributed by atoms with Crippen molar-refractivity contribution < 1.29 is 13.2 Å². The number of nitrogens with one attached hydrogen (secondary N) is 2. The summed E-state index contributed by atoms with van der Waals surface area (Å²) in [6.07, 6.45) is 0.905. The maximum atomic E-state index is 13.2. The summed E-state index contributed by atoms with van der Waals surface area (Å²) in [5, 5.41) is 4.82. The third-order valence-corrected chi connectivity index (χ3v) is 10.1. The molecule has 0 spiro atoms. The number of benzene rings is 2.